The summed E-state index contributed by atoms with van der Waals surface area (Å²) in [4.78, 5) is 7.22. The van der Waals surface area contributed by atoms with Gasteiger partial charge >= 0.3 is 0 Å². The van der Waals surface area contributed by atoms with Crippen molar-refractivity contribution in [2.24, 2.45) is 10.7 Å². The van der Waals surface area contributed by atoms with E-state index >= 15 is 0 Å². The fraction of sp³-hybridized carbons (Fsp3) is 0.400. The molecule has 0 bridgehead atoms. The monoisotopic (exact) mass is 451 g/mol. The van der Waals surface area contributed by atoms with Gasteiger partial charge in [-0.25, -0.2) is 9.38 Å². The maximum Gasteiger partial charge on any atom is 0.199 e. The zero-order chi connectivity index (χ0) is 23.4. The van der Waals surface area contributed by atoms with E-state index in [2.05, 4.69) is 44.4 Å². The second-order valence-electron chi connectivity index (χ2n) is 8.57. The zero-order valence-electron chi connectivity index (χ0n) is 19.6. The molecule has 1 aromatic carbocycles. The Kier molecular flexibility index (Phi) is 7.15. The van der Waals surface area contributed by atoms with Crippen LogP contribution in [0.2, 0.25) is 0 Å². The molecule has 8 heteroatoms. The molecule has 1 aromatic rings. The van der Waals surface area contributed by atoms with Crippen LogP contribution in [0, 0.1) is 5.82 Å². The molecule has 0 spiro atoms. The van der Waals surface area contributed by atoms with Crippen LogP contribution in [0.15, 0.2) is 64.3 Å². The molecule has 0 radical (unpaired) electrons. The van der Waals surface area contributed by atoms with Crippen molar-refractivity contribution in [3.05, 3.63) is 70.7 Å². The third kappa shape index (κ3) is 4.96. The lowest BCUT2D eigenvalue weighted by atomic mass is 9.90. The number of anilines is 1. The van der Waals surface area contributed by atoms with E-state index in [1.807, 2.05) is 26.4 Å². The summed E-state index contributed by atoms with van der Waals surface area (Å²) in [5.41, 5.74) is 11.4. The highest BCUT2D eigenvalue weighted by Gasteiger charge is 2.26. The van der Waals surface area contributed by atoms with Crippen LogP contribution < -0.4 is 27.0 Å². The fourth-order valence-corrected chi connectivity index (χ4v) is 4.57. The highest BCUT2D eigenvalue weighted by molar-refractivity contribution is 5.91. The van der Waals surface area contributed by atoms with E-state index in [-0.39, 0.29) is 17.9 Å². The third-order valence-corrected chi connectivity index (χ3v) is 6.32. The van der Waals surface area contributed by atoms with Crippen LogP contribution in [0.3, 0.4) is 0 Å². The molecule has 0 amide bonds. The Morgan fingerprint density at radius 2 is 2.12 bits per heavy atom. The predicted molar refractivity (Wildman–Crippen MR) is 134 cm³/mol. The number of nitrogens with two attached hydrogens (primary N) is 1. The number of halogens is 1. The van der Waals surface area contributed by atoms with Crippen molar-refractivity contribution in [1.82, 2.24) is 20.9 Å². The first-order valence-corrected chi connectivity index (χ1v) is 11.5. The molecule has 2 aliphatic heterocycles. The van der Waals surface area contributed by atoms with Gasteiger partial charge < -0.3 is 31.9 Å². The molecule has 6 N–H and O–H groups in total. The summed E-state index contributed by atoms with van der Waals surface area (Å²) in [6.07, 6.45) is 10.5. The van der Waals surface area contributed by atoms with E-state index in [4.69, 9.17) is 10.7 Å². The summed E-state index contributed by atoms with van der Waals surface area (Å²) in [6.45, 7) is 2.28. The van der Waals surface area contributed by atoms with Gasteiger partial charge in [0.2, 0.25) is 0 Å². The first kappa shape index (κ1) is 23.1. The van der Waals surface area contributed by atoms with Crippen LogP contribution in [0.25, 0.3) is 5.70 Å². The maximum absolute atomic E-state index is 14.7. The minimum Gasteiger partial charge on any atom is -0.394 e. The standard InChI is InChI=1S/C25H34FN7/c1-28-13-18-11-16(6-8-22(18)29-2)20-14-31-25(33-10-4-5-19(27)15-33)32-24(20)17-7-9-23(30-3)21(26)12-17/h6-9,11-13,19,22,28-30H,4-5,10,14-15,27H2,1-3H3,(H,31,32)/b18-13-. The number of likely N-dealkylation sites (N-methyl/N-ethyl adjacent to an activating group) is 1. The summed E-state index contributed by atoms with van der Waals surface area (Å²) in [5.74, 6) is 0.512. The van der Waals surface area contributed by atoms with Crippen LogP contribution in [-0.2, 0) is 0 Å². The molecule has 2 atom stereocenters. The lowest BCUT2D eigenvalue weighted by Crippen LogP contribution is -2.51. The number of rotatable bonds is 5. The highest BCUT2D eigenvalue weighted by Crippen LogP contribution is 2.32. The maximum atomic E-state index is 14.7. The Labute approximate surface area is 195 Å². The van der Waals surface area contributed by atoms with E-state index in [1.165, 1.54) is 0 Å². The van der Waals surface area contributed by atoms with Crippen molar-refractivity contribution < 1.29 is 4.39 Å². The van der Waals surface area contributed by atoms with Gasteiger partial charge in [-0.05, 0) is 49.2 Å². The number of benzene rings is 1. The molecule has 0 saturated carbocycles. The van der Waals surface area contributed by atoms with Crippen LogP contribution >= 0.6 is 0 Å². The molecule has 1 saturated heterocycles. The SMILES string of the molecule is CN/C=C1/C=C(C2=C(c3ccc(NC)c(F)c3)N=C(N3CCCC(N)C3)NC2)C=CC1NC. The summed E-state index contributed by atoms with van der Waals surface area (Å²) in [7, 11) is 5.55. The molecule has 176 valence electrons. The average Bonchev–Trinajstić information content (AvgIpc) is 2.84. The van der Waals surface area contributed by atoms with E-state index in [1.54, 1.807) is 19.2 Å². The molecule has 1 fully saturated rings. The normalized spacial score (nSPS) is 24.4. The quantitative estimate of drug-likeness (QED) is 0.471. The molecular formula is C25H34FN7. The number of hydrogen-bond donors (Lipinski definition) is 5. The lowest BCUT2D eigenvalue weighted by molar-refractivity contribution is 0.301. The number of nitrogens with one attached hydrogen (secondary N) is 4. The first-order chi connectivity index (χ1) is 16.0. The molecule has 33 heavy (non-hydrogen) atoms. The van der Waals surface area contributed by atoms with Gasteiger partial charge in [0.05, 0.1) is 17.4 Å². The first-order valence-electron chi connectivity index (χ1n) is 11.5. The van der Waals surface area contributed by atoms with Gasteiger partial charge in [0.25, 0.3) is 0 Å². The molecule has 0 aromatic heterocycles. The van der Waals surface area contributed by atoms with Gasteiger partial charge in [0, 0.05) is 57.1 Å². The minimum atomic E-state index is -0.295. The van der Waals surface area contributed by atoms with Gasteiger partial charge in [-0.15, -0.1) is 0 Å². The van der Waals surface area contributed by atoms with Crippen molar-refractivity contribution in [1.29, 1.82) is 0 Å². The van der Waals surface area contributed by atoms with Crippen LogP contribution in [0.4, 0.5) is 10.1 Å². The fourth-order valence-electron chi connectivity index (χ4n) is 4.57. The third-order valence-electron chi connectivity index (χ3n) is 6.32. The van der Waals surface area contributed by atoms with Crippen molar-refractivity contribution >= 4 is 17.3 Å². The molecule has 7 nitrogen and oxygen atoms in total. The zero-order valence-corrected chi connectivity index (χ0v) is 19.6. The summed E-state index contributed by atoms with van der Waals surface area (Å²) >= 11 is 0. The van der Waals surface area contributed by atoms with Crippen molar-refractivity contribution in [2.75, 3.05) is 46.1 Å². The number of hydrogen-bond acceptors (Lipinski definition) is 7. The average molecular weight is 452 g/mol. The summed E-state index contributed by atoms with van der Waals surface area (Å²) in [5, 5.41) is 12.8. The largest absolute Gasteiger partial charge is 0.394 e. The summed E-state index contributed by atoms with van der Waals surface area (Å²) in [6, 6.07) is 5.51. The number of allylic oxidation sites excluding steroid dienone is 1. The number of likely N-dealkylation sites (tertiary alicyclic amines) is 1. The smallest absolute Gasteiger partial charge is 0.199 e. The van der Waals surface area contributed by atoms with Crippen LogP contribution in [0.1, 0.15) is 18.4 Å². The number of guanidine groups is 1. The Bertz CT molecular complexity index is 1040. The molecule has 2 heterocycles. The van der Waals surface area contributed by atoms with Crippen molar-refractivity contribution in [2.45, 2.75) is 24.9 Å². The number of aliphatic imine (C=N–C) groups is 1. The molecular weight excluding hydrogens is 417 g/mol. The lowest BCUT2D eigenvalue weighted by Gasteiger charge is -2.35. The molecule has 4 rings (SSSR count). The van der Waals surface area contributed by atoms with Gasteiger partial charge in [-0.1, -0.05) is 18.2 Å². The molecule has 2 unspecified atom stereocenters. The van der Waals surface area contributed by atoms with Gasteiger partial charge in [0.1, 0.15) is 5.82 Å². The van der Waals surface area contributed by atoms with Gasteiger partial charge in [-0.3, -0.25) is 0 Å². The second-order valence-corrected chi connectivity index (χ2v) is 8.57. The van der Waals surface area contributed by atoms with Crippen molar-refractivity contribution in [3.8, 4) is 0 Å². The minimum absolute atomic E-state index is 0.128. The van der Waals surface area contributed by atoms with E-state index < -0.39 is 0 Å². The molecule has 1 aliphatic carbocycles. The Morgan fingerprint density at radius 3 is 2.82 bits per heavy atom. The Morgan fingerprint density at radius 1 is 1.27 bits per heavy atom. The topological polar surface area (TPSA) is 89.7 Å². The summed E-state index contributed by atoms with van der Waals surface area (Å²) < 4.78 is 14.7. The second kappa shape index (κ2) is 10.2. The molecule has 3 aliphatic rings. The number of piperidine rings is 1. The van der Waals surface area contributed by atoms with E-state index in [0.717, 1.165) is 59.9 Å². The van der Waals surface area contributed by atoms with Crippen LogP contribution in [-0.4, -0.2) is 63.7 Å². The van der Waals surface area contributed by atoms with Gasteiger partial charge in [-0.2, -0.15) is 0 Å². The predicted octanol–water partition coefficient (Wildman–Crippen LogP) is 2.15. The van der Waals surface area contributed by atoms with Crippen molar-refractivity contribution in [3.63, 3.8) is 0 Å². The highest BCUT2D eigenvalue weighted by atomic mass is 19.1. The van der Waals surface area contributed by atoms with E-state index in [9.17, 15) is 4.39 Å². The Balaban J connectivity index is 1.80. The number of nitrogens with zero attached hydrogens (tertiary/aromatic N) is 2. The Hall–Kier alpha value is -3.10. The van der Waals surface area contributed by atoms with Crippen LogP contribution in [0.5, 0.6) is 0 Å². The van der Waals surface area contributed by atoms with Gasteiger partial charge in [0.15, 0.2) is 5.96 Å². The van der Waals surface area contributed by atoms with E-state index in [0.29, 0.717) is 12.2 Å².